The van der Waals surface area contributed by atoms with Crippen molar-refractivity contribution in [1.82, 2.24) is 9.88 Å². The van der Waals surface area contributed by atoms with Crippen molar-refractivity contribution in [3.8, 4) is 0 Å². The van der Waals surface area contributed by atoms with Gasteiger partial charge in [-0.15, -0.1) is 11.3 Å². The van der Waals surface area contributed by atoms with E-state index >= 15 is 0 Å². The summed E-state index contributed by atoms with van der Waals surface area (Å²) in [7, 11) is 0. The molecule has 0 fully saturated rings. The summed E-state index contributed by atoms with van der Waals surface area (Å²) in [6.07, 6.45) is 1.83. The molecular formula is C19H24N2O2S. The zero-order chi connectivity index (χ0) is 17.5. The van der Waals surface area contributed by atoms with Crippen molar-refractivity contribution < 1.29 is 9.90 Å². The van der Waals surface area contributed by atoms with E-state index in [0.29, 0.717) is 16.4 Å². The van der Waals surface area contributed by atoms with Crippen molar-refractivity contribution in [2.45, 2.75) is 52.2 Å². The molecule has 1 amide bonds. The Hall–Kier alpha value is -1.72. The zero-order valence-electron chi connectivity index (χ0n) is 14.7. The number of aliphatic hydroxyl groups excluding tert-OH is 1. The van der Waals surface area contributed by atoms with Gasteiger partial charge in [-0.3, -0.25) is 4.79 Å². The molecule has 2 aromatic rings. The number of rotatable bonds is 2. The SMILES string of the molecule is CC(O)c1ncc(C(=O)N2CCc3ccc(C(C)(C)C)cc3C2)s1. The van der Waals surface area contributed by atoms with E-state index in [0.717, 1.165) is 13.0 Å². The molecule has 0 saturated heterocycles. The van der Waals surface area contributed by atoms with Gasteiger partial charge in [0.2, 0.25) is 0 Å². The highest BCUT2D eigenvalue weighted by molar-refractivity contribution is 7.13. The second-order valence-corrected chi connectivity index (χ2v) is 8.51. The Balaban J connectivity index is 1.82. The summed E-state index contributed by atoms with van der Waals surface area (Å²) in [5.74, 6) is 0.00575. The van der Waals surface area contributed by atoms with Crippen LogP contribution in [0.4, 0.5) is 0 Å². The number of aromatic nitrogens is 1. The molecule has 1 unspecified atom stereocenters. The van der Waals surface area contributed by atoms with E-state index in [1.165, 1.54) is 28.0 Å². The Bertz CT molecular complexity index is 759. The van der Waals surface area contributed by atoms with Crippen LogP contribution in [0.2, 0.25) is 0 Å². The van der Waals surface area contributed by atoms with Gasteiger partial charge >= 0.3 is 0 Å². The lowest BCUT2D eigenvalue weighted by Crippen LogP contribution is -2.35. The first kappa shape index (κ1) is 17.1. The molecule has 1 aromatic heterocycles. The Labute approximate surface area is 147 Å². The fourth-order valence-corrected chi connectivity index (χ4v) is 3.76. The standard InChI is InChI=1S/C19H24N2O2S/c1-12(22)17-20-10-16(24-17)18(23)21-8-7-13-5-6-15(19(2,3)4)9-14(13)11-21/h5-6,9-10,12,22H,7-8,11H2,1-4H3. The maximum absolute atomic E-state index is 12.7. The highest BCUT2D eigenvalue weighted by atomic mass is 32.1. The van der Waals surface area contributed by atoms with Gasteiger partial charge in [-0.05, 0) is 35.4 Å². The topological polar surface area (TPSA) is 53.4 Å². The van der Waals surface area contributed by atoms with Gasteiger partial charge in [0.25, 0.3) is 5.91 Å². The highest BCUT2D eigenvalue weighted by Gasteiger charge is 2.25. The van der Waals surface area contributed by atoms with Crippen LogP contribution in [0, 0.1) is 0 Å². The lowest BCUT2D eigenvalue weighted by atomic mass is 9.84. The average Bonchev–Trinajstić information content (AvgIpc) is 3.02. The number of thiazole rings is 1. The Kier molecular flexibility index (Phi) is 4.49. The van der Waals surface area contributed by atoms with Gasteiger partial charge in [-0.25, -0.2) is 4.98 Å². The predicted octanol–water partition coefficient (Wildman–Crippen LogP) is 3.69. The number of carbonyl (C=O) groups is 1. The minimum Gasteiger partial charge on any atom is -0.386 e. The number of amides is 1. The molecule has 0 bridgehead atoms. The van der Waals surface area contributed by atoms with Gasteiger partial charge in [0.05, 0.1) is 6.20 Å². The molecule has 1 aliphatic heterocycles. The molecule has 1 aromatic carbocycles. The molecular weight excluding hydrogens is 320 g/mol. The van der Waals surface area contributed by atoms with Crippen LogP contribution in [0.1, 0.15) is 65.2 Å². The molecule has 0 aliphatic carbocycles. The Morgan fingerprint density at radius 2 is 2.08 bits per heavy atom. The molecule has 24 heavy (non-hydrogen) atoms. The fourth-order valence-electron chi connectivity index (χ4n) is 2.93. The molecule has 1 aliphatic rings. The van der Waals surface area contributed by atoms with Crippen LogP contribution in [0.25, 0.3) is 0 Å². The minimum absolute atomic E-state index is 0.00575. The first-order chi connectivity index (χ1) is 11.3. The minimum atomic E-state index is -0.632. The van der Waals surface area contributed by atoms with Crippen LogP contribution >= 0.6 is 11.3 Å². The number of benzene rings is 1. The van der Waals surface area contributed by atoms with Crippen LogP contribution in [0.3, 0.4) is 0 Å². The van der Waals surface area contributed by atoms with E-state index in [-0.39, 0.29) is 11.3 Å². The van der Waals surface area contributed by atoms with E-state index in [1.54, 1.807) is 13.1 Å². The van der Waals surface area contributed by atoms with Gasteiger partial charge in [0.15, 0.2) is 0 Å². The van der Waals surface area contributed by atoms with Gasteiger partial charge in [0, 0.05) is 13.1 Å². The summed E-state index contributed by atoms with van der Waals surface area (Å²) in [4.78, 5) is 19.4. The second kappa shape index (κ2) is 6.30. The summed E-state index contributed by atoms with van der Waals surface area (Å²) in [6, 6.07) is 6.65. The normalized spacial score (nSPS) is 16.0. The van der Waals surface area contributed by atoms with E-state index in [1.807, 2.05) is 4.90 Å². The summed E-state index contributed by atoms with van der Waals surface area (Å²) >= 11 is 1.28. The van der Waals surface area contributed by atoms with Crippen LogP contribution in [-0.2, 0) is 18.4 Å². The quantitative estimate of drug-likeness (QED) is 0.904. The lowest BCUT2D eigenvalue weighted by Gasteiger charge is -2.30. The first-order valence-electron chi connectivity index (χ1n) is 8.31. The molecule has 5 heteroatoms. The van der Waals surface area contributed by atoms with Crippen molar-refractivity contribution in [2.24, 2.45) is 0 Å². The van der Waals surface area contributed by atoms with E-state index in [9.17, 15) is 9.90 Å². The number of hydrogen-bond donors (Lipinski definition) is 1. The third kappa shape index (κ3) is 3.37. The van der Waals surface area contributed by atoms with Crippen molar-refractivity contribution >= 4 is 17.2 Å². The number of nitrogens with zero attached hydrogens (tertiary/aromatic N) is 2. The third-order valence-corrected chi connectivity index (χ3v) is 5.62. The fraction of sp³-hybridized carbons (Fsp3) is 0.474. The van der Waals surface area contributed by atoms with Crippen LogP contribution < -0.4 is 0 Å². The molecule has 0 radical (unpaired) electrons. The smallest absolute Gasteiger partial charge is 0.265 e. The molecule has 4 nitrogen and oxygen atoms in total. The molecule has 0 spiro atoms. The molecule has 3 rings (SSSR count). The highest BCUT2D eigenvalue weighted by Crippen LogP contribution is 2.29. The monoisotopic (exact) mass is 344 g/mol. The lowest BCUT2D eigenvalue weighted by molar-refractivity contribution is 0.0739. The summed E-state index contributed by atoms with van der Waals surface area (Å²) in [6.45, 7) is 9.64. The number of fused-ring (bicyclic) bond motifs is 1. The maximum Gasteiger partial charge on any atom is 0.265 e. The van der Waals surface area contributed by atoms with Crippen LogP contribution in [-0.4, -0.2) is 27.4 Å². The molecule has 1 N–H and O–H groups in total. The molecule has 0 saturated carbocycles. The molecule has 1 atom stereocenters. The third-order valence-electron chi connectivity index (χ3n) is 4.46. The van der Waals surface area contributed by atoms with Crippen molar-refractivity contribution in [3.63, 3.8) is 0 Å². The summed E-state index contributed by atoms with van der Waals surface area (Å²) in [5, 5.41) is 10.2. The molecule has 128 valence electrons. The van der Waals surface area contributed by atoms with Crippen LogP contribution in [0.15, 0.2) is 24.4 Å². The average molecular weight is 344 g/mol. The molecule has 2 heterocycles. The van der Waals surface area contributed by atoms with Gasteiger partial charge < -0.3 is 10.0 Å². The summed E-state index contributed by atoms with van der Waals surface area (Å²) in [5.41, 5.74) is 3.97. The van der Waals surface area contributed by atoms with Crippen LogP contribution in [0.5, 0.6) is 0 Å². The summed E-state index contributed by atoms with van der Waals surface area (Å²) < 4.78 is 0. The maximum atomic E-state index is 12.7. The number of aliphatic hydroxyl groups is 1. The van der Waals surface area contributed by atoms with Crippen molar-refractivity contribution in [1.29, 1.82) is 0 Å². The van der Waals surface area contributed by atoms with Gasteiger partial charge in [0.1, 0.15) is 16.0 Å². The van der Waals surface area contributed by atoms with Gasteiger partial charge in [-0.1, -0.05) is 39.0 Å². The van der Waals surface area contributed by atoms with E-state index in [4.69, 9.17) is 0 Å². The Morgan fingerprint density at radius 3 is 2.71 bits per heavy atom. The zero-order valence-corrected chi connectivity index (χ0v) is 15.5. The van der Waals surface area contributed by atoms with Gasteiger partial charge in [-0.2, -0.15) is 0 Å². The first-order valence-corrected chi connectivity index (χ1v) is 9.12. The predicted molar refractivity (Wildman–Crippen MR) is 96.3 cm³/mol. The number of carbonyl (C=O) groups excluding carboxylic acids is 1. The van der Waals surface area contributed by atoms with E-state index < -0.39 is 6.10 Å². The van der Waals surface area contributed by atoms with E-state index in [2.05, 4.69) is 44.0 Å². The van der Waals surface area contributed by atoms with Crippen molar-refractivity contribution in [2.75, 3.05) is 6.54 Å². The largest absolute Gasteiger partial charge is 0.386 e. The number of hydrogen-bond acceptors (Lipinski definition) is 4. The Morgan fingerprint density at radius 1 is 1.33 bits per heavy atom. The van der Waals surface area contributed by atoms with Crippen molar-refractivity contribution in [3.05, 3.63) is 51.0 Å². The second-order valence-electron chi connectivity index (χ2n) is 7.45.